The van der Waals surface area contributed by atoms with Gasteiger partial charge >= 0.3 is 0 Å². The van der Waals surface area contributed by atoms with E-state index in [0.29, 0.717) is 11.4 Å². The van der Waals surface area contributed by atoms with Crippen molar-refractivity contribution < 1.29 is 14.4 Å². The van der Waals surface area contributed by atoms with Crippen molar-refractivity contribution in [1.82, 2.24) is 5.01 Å². The molecular formula is C22H23N5O3. The third-order valence-electron chi connectivity index (χ3n) is 5.42. The van der Waals surface area contributed by atoms with Gasteiger partial charge in [-0.3, -0.25) is 19.4 Å². The molecule has 2 aromatic carbocycles. The van der Waals surface area contributed by atoms with Gasteiger partial charge in [-0.05, 0) is 74.2 Å². The first-order valence-electron chi connectivity index (χ1n) is 9.75. The number of hydrogen-bond acceptors (Lipinski definition) is 6. The highest BCUT2D eigenvalue weighted by molar-refractivity contribution is 6.25. The van der Waals surface area contributed by atoms with Crippen molar-refractivity contribution in [3.05, 3.63) is 58.7 Å². The number of carbonyl (C=O) groups is 3. The van der Waals surface area contributed by atoms with Crippen LogP contribution in [-0.4, -0.2) is 41.4 Å². The lowest BCUT2D eigenvalue weighted by Gasteiger charge is -2.20. The summed E-state index contributed by atoms with van der Waals surface area (Å²) in [5.41, 5.74) is 5.31. The van der Waals surface area contributed by atoms with Gasteiger partial charge in [-0.15, -0.1) is 0 Å². The first-order chi connectivity index (χ1) is 14.2. The van der Waals surface area contributed by atoms with Crippen molar-refractivity contribution in [3.8, 4) is 0 Å². The molecule has 0 spiro atoms. The minimum absolute atomic E-state index is 0.169. The Bertz CT molecular complexity index is 1070. The van der Waals surface area contributed by atoms with E-state index in [0.717, 1.165) is 27.2 Å². The number of anilines is 2. The maximum atomic E-state index is 13.0. The lowest BCUT2D eigenvalue weighted by Crippen LogP contribution is -2.43. The molecule has 8 nitrogen and oxygen atoms in total. The Hall–Kier alpha value is -3.55. The summed E-state index contributed by atoms with van der Waals surface area (Å²) in [5.74, 6) is -1.17. The summed E-state index contributed by atoms with van der Waals surface area (Å²) in [7, 11) is 0. The van der Waals surface area contributed by atoms with Gasteiger partial charge < -0.3 is 5.32 Å². The zero-order valence-electron chi connectivity index (χ0n) is 17.3. The molecule has 2 heterocycles. The van der Waals surface area contributed by atoms with E-state index in [-0.39, 0.29) is 12.5 Å². The molecule has 1 saturated heterocycles. The fourth-order valence-electron chi connectivity index (χ4n) is 3.87. The molecule has 1 fully saturated rings. The molecule has 2 aliphatic rings. The van der Waals surface area contributed by atoms with Gasteiger partial charge in [-0.2, -0.15) is 5.11 Å². The molecule has 2 atom stereocenters. The molecule has 2 aromatic rings. The van der Waals surface area contributed by atoms with Crippen LogP contribution in [0, 0.1) is 27.7 Å². The number of nitrogens with zero attached hydrogens (tertiary/aromatic N) is 4. The molecule has 0 saturated carbocycles. The molecule has 2 unspecified atom stereocenters. The summed E-state index contributed by atoms with van der Waals surface area (Å²) >= 11 is 0. The molecule has 0 aromatic heterocycles. The van der Waals surface area contributed by atoms with Crippen LogP contribution in [0.2, 0.25) is 0 Å². The van der Waals surface area contributed by atoms with Gasteiger partial charge in [0, 0.05) is 5.69 Å². The summed E-state index contributed by atoms with van der Waals surface area (Å²) in [4.78, 5) is 39.5. The summed E-state index contributed by atoms with van der Waals surface area (Å²) in [6, 6.07) is 9.34. The van der Waals surface area contributed by atoms with Crippen molar-refractivity contribution in [2.24, 2.45) is 10.3 Å². The van der Waals surface area contributed by atoms with Crippen LogP contribution in [0.25, 0.3) is 0 Å². The second kappa shape index (κ2) is 7.37. The van der Waals surface area contributed by atoms with E-state index in [9.17, 15) is 14.4 Å². The minimum atomic E-state index is -0.923. The normalized spacial score (nSPS) is 20.1. The molecule has 2 aliphatic heterocycles. The molecule has 3 amide bonds. The molecule has 4 rings (SSSR count). The Balaban J connectivity index is 1.50. The van der Waals surface area contributed by atoms with Crippen LogP contribution in [-0.2, 0) is 14.4 Å². The quantitative estimate of drug-likeness (QED) is 0.792. The topological polar surface area (TPSA) is 94.4 Å². The van der Waals surface area contributed by atoms with Gasteiger partial charge in [0.15, 0.2) is 12.1 Å². The number of carbonyl (C=O) groups excluding carboxylic acids is 3. The maximum Gasteiger partial charge on any atom is 0.263 e. The van der Waals surface area contributed by atoms with Crippen molar-refractivity contribution in [1.29, 1.82) is 0 Å². The first-order valence-corrected chi connectivity index (χ1v) is 9.75. The second-order valence-electron chi connectivity index (χ2n) is 7.90. The number of hydrogen-bond donors (Lipinski definition) is 1. The molecular weight excluding hydrogens is 382 g/mol. The summed E-state index contributed by atoms with van der Waals surface area (Å²) < 4.78 is 0. The molecule has 0 aliphatic carbocycles. The highest BCUT2D eigenvalue weighted by atomic mass is 16.2. The number of benzene rings is 2. The molecule has 0 bridgehead atoms. The van der Waals surface area contributed by atoms with E-state index in [4.69, 9.17) is 0 Å². The number of nitrogens with one attached hydrogen (secondary N) is 1. The lowest BCUT2D eigenvalue weighted by atomic mass is 10.1. The zero-order chi connectivity index (χ0) is 21.6. The van der Waals surface area contributed by atoms with E-state index < -0.39 is 23.9 Å². The highest BCUT2D eigenvalue weighted by Gasteiger charge is 2.55. The van der Waals surface area contributed by atoms with Crippen molar-refractivity contribution >= 4 is 29.1 Å². The molecule has 0 radical (unpaired) electrons. The second-order valence-corrected chi connectivity index (χ2v) is 7.90. The van der Waals surface area contributed by atoms with E-state index in [2.05, 4.69) is 15.7 Å². The molecule has 8 heteroatoms. The van der Waals surface area contributed by atoms with Crippen molar-refractivity contribution in [2.75, 3.05) is 16.8 Å². The third-order valence-corrected chi connectivity index (χ3v) is 5.42. The predicted molar refractivity (Wildman–Crippen MR) is 112 cm³/mol. The van der Waals surface area contributed by atoms with E-state index in [1.807, 2.05) is 52.0 Å². The molecule has 30 heavy (non-hydrogen) atoms. The van der Waals surface area contributed by atoms with Gasteiger partial charge in [-0.1, -0.05) is 17.4 Å². The van der Waals surface area contributed by atoms with E-state index in [1.165, 1.54) is 5.01 Å². The van der Waals surface area contributed by atoms with Crippen LogP contribution in [0.3, 0.4) is 0 Å². The average Bonchev–Trinajstić information content (AvgIpc) is 3.17. The maximum absolute atomic E-state index is 13.0. The Labute approximate surface area is 174 Å². The van der Waals surface area contributed by atoms with Gasteiger partial charge in [-0.25, -0.2) is 4.90 Å². The van der Waals surface area contributed by atoms with Crippen LogP contribution in [0.4, 0.5) is 11.4 Å². The Kier molecular flexibility index (Phi) is 4.85. The average molecular weight is 405 g/mol. The zero-order valence-corrected chi connectivity index (χ0v) is 17.3. The Morgan fingerprint density at radius 2 is 1.67 bits per heavy atom. The van der Waals surface area contributed by atoms with Crippen LogP contribution >= 0.6 is 0 Å². The standard InChI is InChI=1S/C22H23N5O3/c1-12-7-13(2)9-16(8-12)23-18(28)11-26-20-19(24-25-26)21(29)27(22(20)30)17-6-5-14(3)15(4)10-17/h5-10,19-20H,11H2,1-4H3,(H,23,28). The minimum Gasteiger partial charge on any atom is -0.324 e. The van der Waals surface area contributed by atoms with Crippen LogP contribution in [0.1, 0.15) is 22.3 Å². The summed E-state index contributed by atoms with van der Waals surface area (Å²) in [5, 5.41) is 12.0. The van der Waals surface area contributed by atoms with Crippen molar-refractivity contribution in [3.63, 3.8) is 0 Å². The largest absolute Gasteiger partial charge is 0.324 e. The molecule has 1 N–H and O–H groups in total. The number of rotatable bonds is 4. The SMILES string of the molecule is Cc1cc(C)cc(NC(=O)CN2N=NC3C(=O)N(c4ccc(C)c(C)c4)C(=O)C32)c1. The number of imide groups is 1. The number of amides is 3. The summed E-state index contributed by atoms with van der Waals surface area (Å²) in [6.45, 7) is 7.62. The fourth-order valence-corrected chi connectivity index (χ4v) is 3.87. The highest BCUT2D eigenvalue weighted by Crippen LogP contribution is 2.32. The van der Waals surface area contributed by atoms with Crippen LogP contribution in [0.15, 0.2) is 46.7 Å². The Morgan fingerprint density at radius 3 is 2.33 bits per heavy atom. The monoisotopic (exact) mass is 405 g/mol. The number of aryl methyl sites for hydroxylation is 4. The Morgan fingerprint density at radius 1 is 0.967 bits per heavy atom. The van der Waals surface area contributed by atoms with Crippen molar-refractivity contribution in [2.45, 2.75) is 39.8 Å². The van der Waals surface area contributed by atoms with Crippen LogP contribution < -0.4 is 10.2 Å². The van der Waals surface area contributed by atoms with Gasteiger partial charge in [0.1, 0.15) is 6.54 Å². The number of fused-ring (bicyclic) bond motifs is 1. The van der Waals surface area contributed by atoms with E-state index in [1.54, 1.807) is 12.1 Å². The first kappa shape index (κ1) is 19.8. The van der Waals surface area contributed by atoms with Gasteiger partial charge in [0.2, 0.25) is 5.91 Å². The summed E-state index contributed by atoms with van der Waals surface area (Å²) in [6.07, 6.45) is 0. The lowest BCUT2D eigenvalue weighted by molar-refractivity contribution is -0.123. The smallest absolute Gasteiger partial charge is 0.263 e. The fraction of sp³-hybridized carbons (Fsp3) is 0.318. The van der Waals surface area contributed by atoms with Crippen LogP contribution in [0.5, 0.6) is 0 Å². The van der Waals surface area contributed by atoms with Gasteiger partial charge in [0.05, 0.1) is 5.69 Å². The third kappa shape index (κ3) is 3.45. The molecule has 154 valence electrons. The predicted octanol–water partition coefficient (Wildman–Crippen LogP) is 2.85. The van der Waals surface area contributed by atoms with Gasteiger partial charge in [0.25, 0.3) is 11.8 Å². The van der Waals surface area contributed by atoms with E-state index >= 15 is 0 Å².